The van der Waals surface area contributed by atoms with Gasteiger partial charge >= 0.3 is 0 Å². The minimum absolute atomic E-state index is 0.0769. The number of hydrogen-bond acceptors (Lipinski definition) is 15. The highest BCUT2D eigenvalue weighted by Crippen LogP contribution is 2.39. The maximum absolute atomic E-state index is 9.85. The fraction of sp³-hybridized carbons (Fsp3) is 0.138. The molecule has 0 amide bonds. The Balaban J connectivity index is 0.000000123. The third kappa shape index (κ3) is 15.0. The van der Waals surface area contributed by atoms with Gasteiger partial charge in [0, 0.05) is 105 Å². The third-order valence-electron chi connectivity index (χ3n) is 20.7. The van der Waals surface area contributed by atoms with Crippen LogP contribution < -0.4 is 25.8 Å². The Labute approximate surface area is 662 Å². The number of nitrogens with one attached hydrogen (secondary N) is 6. The molecule has 9 aromatic heterocycles. The molecule has 0 fully saturated rings. The first-order valence-electron chi connectivity index (χ1n) is 38.6. The Kier molecular flexibility index (Phi) is 21.2. The second-order valence-electron chi connectivity index (χ2n) is 28.1. The quantitative estimate of drug-likeness (QED) is 0.0374. The Morgan fingerprint density at radius 2 is 0.774 bits per heavy atom. The monoisotopic (exact) mass is 1510 g/mol. The second kappa shape index (κ2) is 33.1. The van der Waals surface area contributed by atoms with Crippen LogP contribution in [0.5, 0.6) is 11.5 Å². The molecule has 9 heterocycles. The van der Waals surface area contributed by atoms with Crippen LogP contribution in [0.4, 0.5) is 0 Å². The van der Waals surface area contributed by atoms with Gasteiger partial charge in [0.05, 0.1) is 83.6 Å². The van der Waals surface area contributed by atoms with Crippen LogP contribution in [0.2, 0.25) is 0 Å². The van der Waals surface area contributed by atoms with E-state index in [9.17, 15) is 5.11 Å². The molecule has 0 aliphatic rings. The Morgan fingerprint density at radius 3 is 1.18 bits per heavy atom. The van der Waals surface area contributed by atoms with Crippen LogP contribution in [0.15, 0.2) is 268 Å². The van der Waals surface area contributed by atoms with E-state index < -0.39 is 0 Å². The summed E-state index contributed by atoms with van der Waals surface area (Å²) in [7, 11) is 3.35. The fourth-order valence-electron chi connectivity index (χ4n) is 15.0. The third-order valence-corrected chi connectivity index (χ3v) is 20.7. The number of rotatable bonds is 19. The van der Waals surface area contributed by atoms with E-state index in [4.69, 9.17) is 40.4 Å². The van der Waals surface area contributed by atoms with Crippen molar-refractivity contribution >= 4 is 98.1 Å². The molecule has 0 atom stereocenters. The summed E-state index contributed by atoms with van der Waals surface area (Å²) < 4.78 is 14.8. The molecule has 21 heteroatoms. The number of benzene rings is 11. The van der Waals surface area contributed by atoms with Gasteiger partial charge in [0.1, 0.15) is 28.6 Å². The number of para-hydroxylation sites is 3. The highest BCUT2D eigenvalue weighted by molar-refractivity contribution is 6.05. The van der Waals surface area contributed by atoms with Gasteiger partial charge in [-0.1, -0.05) is 172 Å². The Hall–Kier alpha value is -14.1. The number of ether oxygens (including phenoxy) is 2. The molecule has 20 rings (SSSR count). The van der Waals surface area contributed by atoms with Crippen LogP contribution in [0.25, 0.3) is 166 Å². The van der Waals surface area contributed by atoms with E-state index in [2.05, 4.69) is 239 Å². The summed E-state index contributed by atoms with van der Waals surface area (Å²) in [6, 6.07) is 78.7. The number of methoxy groups -OCH3 is 2. The number of nitrogens with zero attached hydrogens (tertiary/aromatic N) is 11. The summed E-state index contributed by atoms with van der Waals surface area (Å²) in [5, 5.41) is 44.5. The zero-order valence-electron chi connectivity index (χ0n) is 64.3. The maximum atomic E-state index is 9.85. The highest BCUT2D eigenvalue weighted by Gasteiger charge is 2.23. The zero-order chi connectivity index (χ0) is 78.3. The Morgan fingerprint density at radius 1 is 0.391 bits per heavy atom. The summed E-state index contributed by atoms with van der Waals surface area (Å²) in [5.74, 6) is 3.85. The molecule has 0 bridgehead atoms. The van der Waals surface area contributed by atoms with Gasteiger partial charge in [0.15, 0.2) is 17.5 Å². The molecule has 0 saturated carbocycles. The maximum Gasteiger partial charge on any atom is 0.159 e. The number of H-pyrrole nitrogens is 4. The number of aliphatic hydroxyl groups is 1. The lowest BCUT2D eigenvalue weighted by Crippen LogP contribution is -2.11. The van der Waals surface area contributed by atoms with Crippen molar-refractivity contribution in [2.45, 2.75) is 53.6 Å². The van der Waals surface area contributed by atoms with Crippen LogP contribution in [0.1, 0.15) is 48.6 Å². The van der Waals surface area contributed by atoms with Gasteiger partial charge in [-0.15, -0.1) is 0 Å². The largest absolute Gasteiger partial charge is 0.497 e. The molecule has 0 aliphatic heterocycles. The van der Waals surface area contributed by atoms with E-state index in [0.717, 1.165) is 216 Å². The normalized spacial score (nSPS) is 11.4. The molecule has 0 spiro atoms. The molecular weight excluding hydrogens is 1430 g/mol. The molecular formula is C94H84N18O3. The first-order valence-corrected chi connectivity index (χ1v) is 38.6. The molecule has 11 aromatic carbocycles. The lowest BCUT2D eigenvalue weighted by atomic mass is 9.99. The van der Waals surface area contributed by atoms with Crippen molar-refractivity contribution < 1.29 is 14.6 Å². The van der Waals surface area contributed by atoms with Crippen molar-refractivity contribution in [3.05, 3.63) is 296 Å². The molecule has 0 unspecified atom stereocenters. The molecule has 0 saturated heterocycles. The van der Waals surface area contributed by atoms with Gasteiger partial charge < -0.3 is 45.9 Å². The topological polar surface area (TPSA) is 278 Å². The average Bonchev–Trinajstić information content (AvgIpc) is 1.61. The molecule has 9 N–H and O–H groups in total. The number of aliphatic hydroxyl groups excluding tert-OH is 1. The van der Waals surface area contributed by atoms with Gasteiger partial charge in [0.2, 0.25) is 0 Å². The van der Waals surface area contributed by atoms with Crippen LogP contribution in [-0.4, -0.2) is 114 Å². The van der Waals surface area contributed by atoms with Gasteiger partial charge in [-0.25, -0.2) is 15.0 Å². The lowest BCUT2D eigenvalue weighted by molar-refractivity contribution is 0.283. The van der Waals surface area contributed by atoms with E-state index in [0.29, 0.717) is 18.9 Å². The van der Waals surface area contributed by atoms with Crippen molar-refractivity contribution in [3.8, 4) is 79.4 Å². The van der Waals surface area contributed by atoms with Crippen LogP contribution in [-0.2, 0) is 32.8 Å². The van der Waals surface area contributed by atoms with Gasteiger partial charge in [-0.2, -0.15) is 15.3 Å². The Bertz CT molecular complexity index is 6860. The number of imidazole rings is 3. The first kappa shape index (κ1) is 73.7. The van der Waals surface area contributed by atoms with Crippen molar-refractivity contribution in [1.29, 1.82) is 0 Å². The van der Waals surface area contributed by atoms with Crippen LogP contribution >= 0.6 is 0 Å². The predicted octanol–water partition coefficient (Wildman–Crippen LogP) is 18.7. The molecule has 115 heavy (non-hydrogen) atoms. The smallest absolute Gasteiger partial charge is 0.159 e. The van der Waals surface area contributed by atoms with Crippen molar-refractivity contribution in [1.82, 2.24) is 85.2 Å². The SMILES string of the molecule is CCN.CCNCc1cccc2[nH]c(-c3n[nH]c4ccc(-c5cncc6ccccc56)cc34)nc12.CCNCc1cccc2[nH]c(-c3nn(Cc4ccc(OC)cc4)c4ccc(-c5cncc6ccccc56)cc34)nc12.COc1ccc(Cn2nc(-c3nc4c(CO)cccc4[nH]3)c3cc(-c4cncc5ccccc45)ccc32)cc1. The van der Waals surface area contributed by atoms with Crippen molar-refractivity contribution in [3.63, 3.8) is 0 Å². The first-order chi connectivity index (χ1) is 56.7. The van der Waals surface area contributed by atoms with E-state index in [1.807, 2.05) is 109 Å². The summed E-state index contributed by atoms with van der Waals surface area (Å²) in [6.07, 6.45) is 11.5. The predicted molar refractivity (Wildman–Crippen MR) is 463 cm³/mol. The number of pyridine rings is 3. The number of aromatic nitrogens is 15. The summed E-state index contributed by atoms with van der Waals surface area (Å²) in [6.45, 7) is 11.4. The van der Waals surface area contributed by atoms with Crippen LogP contribution in [0.3, 0.4) is 0 Å². The van der Waals surface area contributed by atoms with E-state index in [1.165, 1.54) is 16.3 Å². The van der Waals surface area contributed by atoms with E-state index >= 15 is 0 Å². The fourth-order valence-corrected chi connectivity index (χ4v) is 15.0. The lowest BCUT2D eigenvalue weighted by Gasteiger charge is -2.08. The number of hydrogen-bond donors (Lipinski definition) is 8. The molecule has 0 aliphatic carbocycles. The number of fused-ring (bicyclic) bond motifs is 9. The van der Waals surface area contributed by atoms with Gasteiger partial charge in [-0.05, 0) is 154 Å². The minimum Gasteiger partial charge on any atom is -0.497 e. The van der Waals surface area contributed by atoms with Gasteiger partial charge in [0.25, 0.3) is 0 Å². The molecule has 20 aromatic rings. The summed E-state index contributed by atoms with van der Waals surface area (Å²) >= 11 is 0. The summed E-state index contributed by atoms with van der Waals surface area (Å²) in [5.41, 5.74) is 27.7. The highest BCUT2D eigenvalue weighted by atomic mass is 16.5. The molecule has 568 valence electrons. The summed E-state index contributed by atoms with van der Waals surface area (Å²) in [4.78, 5) is 38.8. The number of nitrogens with two attached hydrogens (primary N) is 1. The zero-order valence-corrected chi connectivity index (χ0v) is 64.3. The standard InChI is InChI=1S/C34H30N6O.C32H25N5O2.C26H22N6.C2H7N/c1-3-35-19-25-8-6-10-30-32(25)38-34(37-30)33-28-17-23(29-20-36-18-24-7-4-5-9-27(24)29)13-16-31(28)40(39-33)21-22-11-14-26(41-2)15-12-22;1-39-24-12-9-20(10-13-24)18-37-29-14-11-21(27-17-33-16-22-5-2-3-7-25(22)27)15-26(29)31(36-37)32-34-28-8-4-6-23(19-38)30(28)35-32;1-2-27-14-18-7-5-9-23-24(18)30-26(29-23)25-20-12-16(10-11-22(20)31-32-25)21-15-28-13-17-6-3-4-8-19(17)21;1-2-3/h4-18,20,35H,3,19,21H2,1-2H3,(H,37,38);2-17,38H,18-19H2,1H3,(H,34,35);3-13,15,27H,2,14H2,1H3,(H,29,30)(H,31,32);2-3H2,1H3. The molecule has 21 nitrogen and oxygen atoms in total. The minimum atomic E-state index is -0.0769. The van der Waals surface area contributed by atoms with Crippen molar-refractivity contribution in [2.24, 2.45) is 5.73 Å². The van der Waals surface area contributed by atoms with E-state index in [-0.39, 0.29) is 6.61 Å². The number of aromatic amines is 4. The van der Waals surface area contributed by atoms with Gasteiger partial charge in [-0.3, -0.25) is 29.4 Å². The van der Waals surface area contributed by atoms with Crippen LogP contribution in [0, 0.1) is 0 Å². The molecule has 0 radical (unpaired) electrons. The second-order valence-corrected chi connectivity index (χ2v) is 28.1. The average molecular weight is 1510 g/mol. The van der Waals surface area contributed by atoms with E-state index in [1.54, 1.807) is 14.2 Å². The van der Waals surface area contributed by atoms with Crippen molar-refractivity contribution in [2.75, 3.05) is 33.9 Å².